The number of carbonyl (C=O) groups excluding carboxylic acids is 1. The Morgan fingerprint density at radius 1 is 1.31 bits per heavy atom. The van der Waals surface area contributed by atoms with Crippen molar-refractivity contribution >= 4 is 39.9 Å². The van der Waals surface area contributed by atoms with Crippen LogP contribution in [0.1, 0.15) is 28.9 Å². The summed E-state index contributed by atoms with van der Waals surface area (Å²) in [6.07, 6.45) is 10.3. The molecule has 5 rings (SSSR count). The van der Waals surface area contributed by atoms with Gasteiger partial charge in [-0.3, -0.25) is 14.5 Å². The van der Waals surface area contributed by atoms with E-state index in [2.05, 4.69) is 30.3 Å². The maximum atomic E-state index is 13.0. The Bertz CT molecular complexity index is 1250. The summed E-state index contributed by atoms with van der Waals surface area (Å²) in [7, 11) is 0. The highest BCUT2D eigenvalue weighted by atomic mass is 35.5. The average Bonchev–Trinajstić information content (AvgIpc) is 3.42. The lowest BCUT2D eigenvalue weighted by Gasteiger charge is -2.33. The number of pyridine rings is 2. The molecule has 0 aromatic carbocycles. The fourth-order valence-corrected chi connectivity index (χ4v) is 4.36. The van der Waals surface area contributed by atoms with Gasteiger partial charge < -0.3 is 20.9 Å². The van der Waals surface area contributed by atoms with E-state index in [0.29, 0.717) is 35.0 Å². The molecular formula is C22H23ClN8O. The first-order valence-corrected chi connectivity index (χ1v) is 10.9. The number of halogens is 1. The van der Waals surface area contributed by atoms with Crippen molar-refractivity contribution in [3.63, 3.8) is 0 Å². The van der Waals surface area contributed by atoms with Gasteiger partial charge in [0.05, 0.1) is 52.0 Å². The molecular weight excluding hydrogens is 428 g/mol. The van der Waals surface area contributed by atoms with Crippen LogP contribution in [0.5, 0.6) is 0 Å². The molecule has 0 bridgehead atoms. The van der Waals surface area contributed by atoms with Gasteiger partial charge in [0.2, 0.25) is 0 Å². The molecule has 164 valence electrons. The minimum absolute atomic E-state index is 0.0879. The van der Waals surface area contributed by atoms with E-state index < -0.39 is 0 Å². The highest BCUT2D eigenvalue weighted by Crippen LogP contribution is 2.38. The number of amides is 1. The first-order chi connectivity index (χ1) is 15.6. The largest absolute Gasteiger partial charge is 0.368 e. The van der Waals surface area contributed by atoms with Gasteiger partial charge in [-0.2, -0.15) is 5.10 Å². The van der Waals surface area contributed by atoms with Crippen LogP contribution in [-0.4, -0.2) is 49.8 Å². The lowest BCUT2D eigenvalue weighted by Crippen LogP contribution is -2.43. The SMILES string of the molecule is N[C@@H]1CCCN(c2c(Cl)cnc3[nH]cc(NC(=O)c4cnn(Cc5ccccn5)c4)c23)C1. The van der Waals surface area contributed by atoms with Crippen LogP contribution in [0.3, 0.4) is 0 Å². The van der Waals surface area contributed by atoms with Crippen LogP contribution in [0, 0.1) is 0 Å². The van der Waals surface area contributed by atoms with E-state index in [1.807, 2.05) is 18.2 Å². The second-order valence-electron chi connectivity index (χ2n) is 7.93. The van der Waals surface area contributed by atoms with E-state index >= 15 is 0 Å². The van der Waals surface area contributed by atoms with Crippen LogP contribution in [-0.2, 0) is 6.54 Å². The van der Waals surface area contributed by atoms with E-state index in [1.54, 1.807) is 35.7 Å². The number of nitrogens with zero attached hydrogens (tertiary/aromatic N) is 5. The number of nitrogens with one attached hydrogen (secondary N) is 2. The standard InChI is InChI=1S/C22H23ClN8O/c23-17-9-26-21-19(20(17)30-7-3-4-15(24)12-30)18(10-27-21)29-22(32)14-8-28-31(11-14)13-16-5-1-2-6-25-16/h1-2,5-6,8-11,15H,3-4,7,12-13,24H2,(H,26,27)(H,29,32)/t15-/m1/s1. The zero-order valence-electron chi connectivity index (χ0n) is 17.3. The van der Waals surface area contributed by atoms with E-state index in [0.717, 1.165) is 36.2 Å². The topological polar surface area (TPSA) is 118 Å². The zero-order valence-corrected chi connectivity index (χ0v) is 18.1. The number of carbonyl (C=O) groups is 1. The van der Waals surface area contributed by atoms with Crippen LogP contribution in [0.25, 0.3) is 11.0 Å². The molecule has 0 saturated carbocycles. The van der Waals surface area contributed by atoms with Crippen LogP contribution in [0.15, 0.2) is 49.2 Å². The quantitative estimate of drug-likeness (QED) is 0.430. The minimum Gasteiger partial charge on any atom is -0.368 e. The first-order valence-electron chi connectivity index (χ1n) is 10.5. The fraction of sp³-hybridized carbons (Fsp3) is 0.273. The third kappa shape index (κ3) is 4.04. The van der Waals surface area contributed by atoms with Gasteiger partial charge in [-0.1, -0.05) is 17.7 Å². The molecule has 1 saturated heterocycles. The van der Waals surface area contributed by atoms with Gasteiger partial charge in [-0.05, 0) is 25.0 Å². The Balaban J connectivity index is 1.41. The van der Waals surface area contributed by atoms with Crippen molar-refractivity contribution in [2.45, 2.75) is 25.4 Å². The number of hydrogen-bond donors (Lipinski definition) is 3. The van der Waals surface area contributed by atoms with Gasteiger partial charge in [0.15, 0.2) is 0 Å². The maximum Gasteiger partial charge on any atom is 0.258 e. The van der Waals surface area contributed by atoms with Gasteiger partial charge >= 0.3 is 0 Å². The maximum absolute atomic E-state index is 13.0. The number of rotatable bonds is 5. The van der Waals surface area contributed by atoms with Crippen LogP contribution >= 0.6 is 11.6 Å². The molecule has 0 aliphatic carbocycles. The summed E-state index contributed by atoms with van der Waals surface area (Å²) in [6, 6.07) is 5.78. The fourth-order valence-electron chi connectivity index (χ4n) is 4.10. The molecule has 5 heterocycles. The predicted octanol–water partition coefficient (Wildman–Crippen LogP) is 3.04. The molecule has 4 aromatic rings. The van der Waals surface area contributed by atoms with Gasteiger partial charge in [-0.25, -0.2) is 4.98 Å². The zero-order chi connectivity index (χ0) is 22.1. The Kier molecular flexibility index (Phi) is 5.50. The molecule has 0 spiro atoms. The third-order valence-electron chi connectivity index (χ3n) is 5.60. The first kappa shape index (κ1) is 20.5. The Hall–Kier alpha value is -3.43. The molecule has 1 aliphatic rings. The molecule has 0 radical (unpaired) electrons. The molecule has 0 unspecified atom stereocenters. The van der Waals surface area contributed by atoms with Crippen LogP contribution in [0.2, 0.25) is 5.02 Å². The predicted molar refractivity (Wildman–Crippen MR) is 124 cm³/mol. The van der Waals surface area contributed by atoms with Crippen molar-refractivity contribution in [1.29, 1.82) is 0 Å². The lowest BCUT2D eigenvalue weighted by atomic mass is 10.1. The van der Waals surface area contributed by atoms with Gasteiger partial charge in [0.1, 0.15) is 5.65 Å². The lowest BCUT2D eigenvalue weighted by molar-refractivity contribution is 0.102. The molecule has 10 heteroatoms. The normalized spacial score (nSPS) is 16.4. The summed E-state index contributed by atoms with van der Waals surface area (Å²) in [6.45, 7) is 2.04. The Morgan fingerprint density at radius 3 is 3.03 bits per heavy atom. The van der Waals surface area contributed by atoms with Gasteiger partial charge in [0.25, 0.3) is 5.91 Å². The Morgan fingerprint density at radius 2 is 2.22 bits per heavy atom. The van der Waals surface area contributed by atoms with Crippen molar-refractivity contribution in [2.24, 2.45) is 5.73 Å². The molecule has 4 N–H and O–H groups in total. The summed E-state index contributed by atoms with van der Waals surface area (Å²) in [5.41, 5.74) is 9.62. The number of anilines is 2. The number of nitrogens with two attached hydrogens (primary N) is 1. The van der Waals surface area contributed by atoms with Crippen molar-refractivity contribution in [3.8, 4) is 0 Å². The number of fused-ring (bicyclic) bond motifs is 1. The average molecular weight is 451 g/mol. The van der Waals surface area contributed by atoms with Crippen LogP contribution in [0.4, 0.5) is 11.4 Å². The summed E-state index contributed by atoms with van der Waals surface area (Å²) in [4.78, 5) is 26.9. The molecule has 32 heavy (non-hydrogen) atoms. The number of hydrogen-bond acceptors (Lipinski definition) is 6. The second-order valence-corrected chi connectivity index (χ2v) is 8.34. The third-order valence-corrected chi connectivity index (χ3v) is 5.87. The molecule has 1 aliphatic heterocycles. The van der Waals surface area contributed by atoms with Gasteiger partial charge in [-0.15, -0.1) is 0 Å². The Labute approximate surface area is 189 Å². The second kappa shape index (κ2) is 8.60. The number of aromatic nitrogens is 5. The molecule has 1 fully saturated rings. The smallest absolute Gasteiger partial charge is 0.258 e. The highest BCUT2D eigenvalue weighted by Gasteiger charge is 2.24. The van der Waals surface area contributed by atoms with Crippen molar-refractivity contribution in [2.75, 3.05) is 23.3 Å². The highest BCUT2D eigenvalue weighted by molar-refractivity contribution is 6.35. The number of piperidine rings is 1. The molecule has 1 amide bonds. The van der Waals surface area contributed by atoms with Gasteiger partial charge in [0, 0.05) is 37.7 Å². The molecule has 9 nitrogen and oxygen atoms in total. The van der Waals surface area contributed by atoms with Crippen molar-refractivity contribution in [3.05, 3.63) is 65.5 Å². The summed E-state index contributed by atoms with van der Waals surface area (Å²) < 4.78 is 1.69. The summed E-state index contributed by atoms with van der Waals surface area (Å²) in [5, 5.41) is 8.58. The van der Waals surface area contributed by atoms with Crippen molar-refractivity contribution in [1.82, 2.24) is 24.7 Å². The monoisotopic (exact) mass is 450 g/mol. The number of H-pyrrole nitrogens is 1. The van der Waals surface area contributed by atoms with E-state index in [9.17, 15) is 4.79 Å². The number of aromatic amines is 1. The molecule has 1 atom stereocenters. The minimum atomic E-state index is -0.264. The van der Waals surface area contributed by atoms with E-state index in [4.69, 9.17) is 17.3 Å². The van der Waals surface area contributed by atoms with E-state index in [-0.39, 0.29) is 11.9 Å². The van der Waals surface area contributed by atoms with Crippen molar-refractivity contribution < 1.29 is 4.79 Å². The molecule has 4 aromatic heterocycles. The summed E-state index contributed by atoms with van der Waals surface area (Å²) in [5.74, 6) is -0.264. The summed E-state index contributed by atoms with van der Waals surface area (Å²) >= 11 is 6.56. The van der Waals surface area contributed by atoms with E-state index in [1.165, 1.54) is 0 Å². The van der Waals surface area contributed by atoms with Crippen LogP contribution < -0.4 is 16.0 Å².